The van der Waals surface area contributed by atoms with Gasteiger partial charge in [-0.1, -0.05) is 12.1 Å². The number of nitrogens with zero attached hydrogens (tertiary/aromatic N) is 4. The first kappa shape index (κ1) is 16.0. The Morgan fingerprint density at radius 3 is 2.57 bits per heavy atom. The van der Waals surface area contributed by atoms with Crippen LogP contribution in [0.1, 0.15) is 12.7 Å². The van der Waals surface area contributed by atoms with Gasteiger partial charge in [0.15, 0.2) is 0 Å². The summed E-state index contributed by atoms with van der Waals surface area (Å²) in [7, 11) is 2.07. The molecule has 1 fully saturated rings. The Balaban J connectivity index is 1.56. The predicted octanol–water partition coefficient (Wildman–Crippen LogP) is 1.25. The summed E-state index contributed by atoms with van der Waals surface area (Å²) >= 11 is 0. The molecule has 0 bridgehead atoms. The molecule has 2 aromatic rings. The van der Waals surface area contributed by atoms with Crippen LogP contribution in [0.25, 0.3) is 11.0 Å². The molecule has 124 valence electrons. The molecule has 1 saturated heterocycles. The van der Waals surface area contributed by atoms with Gasteiger partial charge < -0.3 is 9.30 Å². The maximum atomic E-state index is 11.5. The third-order valence-electron chi connectivity index (χ3n) is 4.37. The maximum absolute atomic E-state index is 11.5. The lowest BCUT2D eigenvalue weighted by Crippen LogP contribution is -2.47. The average molecular weight is 316 g/mol. The minimum absolute atomic E-state index is 0.128. The first-order valence-corrected chi connectivity index (χ1v) is 8.18. The number of piperazine rings is 1. The molecule has 1 aromatic carbocycles. The lowest BCUT2D eigenvalue weighted by molar-refractivity contribution is -0.144. The van der Waals surface area contributed by atoms with E-state index in [4.69, 9.17) is 9.72 Å². The van der Waals surface area contributed by atoms with Crippen LogP contribution in [0.5, 0.6) is 0 Å². The molecule has 0 N–H and O–H groups in total. The van der Waals surface area contributed by atoms with Crippen molar-refractivity contribution in [2.45, 2.75) is 13.5 Å². The number of carbonyl (C=O) groups is 1. The van der Waals surface area contributed by atoms with Crippen LogP contribution in [0.2, 0.25) is 0 Å². The van der Waals surface area contributed by atoms with Gasteiger partial charge in [0.2, 0.25) is 0 Å². The van der Waals surface area contributed by atoms with E-state index in [1.807, 2.05) is 19.1 Å². The van der Waals surface area contributed by atoms with Crippen molar-refractivity contribution >= 4 is 17.0 Å². The zero-order valence-corrected chi connectivity index (χ0v) is 13.9. The van der Waals surface area contributed by atoms with Crippen molar-refractivity contribution in [2.24, 2.45) is 7.05 Å². The third-order valence-corrected chi connectivity index (χ3v) is 4.37. The molecule has 0 unspecified atom stereocenters. The minimum atomic E-state index is -0.128. The summed E-state index contributed by atoms with van der Waals surface area (Å²) in [5, 5.41) is 0. The molecule has 0 spiro atoms. The molecule has 1 aliphatic rings. The van der Waals surface area contributed by atoms with E-state index in [1.54, 1.807) is 0 Å². The number of hydrogen-bond acceptors (Lipinski definition) is 5. The zero-order valence-electron chi connectivity index (χ0n) is 13.9. The van der Waals surface area contributed by atoms with Gasteiger partial charge in [0.25, 0.3) is 0 Å². The van der Waals surface area contributed by atoms with Crippen LogP contribution in [0.3, 0.4) is 0 Å². The van der Waals surface area contributed by atoms with Crippen LogP contribution in [0.15, 0.2) is 24.3 Å². The second kappa shape index (κ2) is 7.10. The fourth-order valence-corrected chi connectivity index (χ4v) is 3.03. The van der Waals surface area contributed by atoms with Gasteiger partial charge in [-0.3, -0.25) is 14.6 Å². The quantitative estimate of drug-likeness (QED) is 0.777. The van der Waals surface area contributed by atoms with Gasteiger partial charge in [0.05, 0.1) is 30.7 Å². The van der Waals surface area contributed by atoms with Gasteiger partial charge in [0.1, 0.15) is 5.82 Å². The number of ether oxygens (including phenoxy) is 1. The topological polar surface area (TPSA) is 50.6 Å². The highest BCUT2D eigenvalue weighted by Crippen LogP contribution is 2.16. The number of aromatic nitrogens is 2. The number of hydrogen-bond donors (Lipinski definition) is 0. The highest BCUT2D eigenvalue weighted by molar-refractivity contribution is 5.75. The Hall–Kier alpha value is -1.92. The van der Waals surface area contributed by atoms with Crippen molar-refractivity contribution in [3.63, 3.8) is 0 Å². The highest BCUT2D eigenvalue weighted by atomic mass is 16.5. The van der Waals surface area contributed by atoms with E-state index in [-0.39, 0.29) is 5.97 Å². The first-order chi connectivity index (χ1) is 11.2. The lowest BCUT2D eigenvalue weighted by atomic mass is 10.3. The van der Waals surface area contributed by atoms with Gasteiger partial charge >= 0.3 is 5.97 Å². The van der Waals surface area contributed by atoms with Crippen LogP contribution < -0.4 is 0 Å². The maximum Gasteiger partial charge on any atom is 0.320 e. The Kier molecular flexibility index (Phi) is 4.93. The van der Waals surface area contributed by atoms with E-state index in [0.717, 1.165) is 44.1 Å². The SMILES string of the molecule is CCOC(=O)CN1CCN(Cc2nc3ccccc3n2C)CC1. The fourth-order valence-electron chi connectivity index (χ4n) is 3.03. The van der Waals surface area contributed by atoms with E-state index in [1.165, 1.54) is 5.52 Å². The molecule has 0 saturated carbocycles. The van der Waals surface area contributed by atoms with Crippen molar-refractivity contribution < 1.29 is 9.53 Å². The predicted molar refractivity (Wildman–Crippen MR) is 89.1 cm³/mol. The number of fused-ring (bicyclic) bond motifs is 1. The molecule has 0 radical (unpaired) electrons. The van der Waals surface area contributed by atoms with Gasteiger partial charge in [0, 0.05) is 33.2 Å². The van der Waals surface area contributed by atoms with Gasteiger partial charge in [-0.2, -0.15) is 0 Å². The van der Waals surface area contributed by atoms with E-state index in [2.05, 4.69) is 33.5 Å². The van der Waals surface area contributed by atoms with Gasteiger partial charge in [-0.05, 0) is 19.1 Å². The van der Waals surface area contributed by atoms with E-state index >= 15 is 0 Å². The number of para-hydroxylation sites is 2. The van der Waals surface area contributed by atoms with Crippen molar-refractivity contribution in [3.05, 3.63) is 30.1 Å². The first-order valence-electron chi connectivity index (χ1n) is 8.18. The van der Waals surface area contributed by atoms with Crippen LogP contribution in [-0.2, 0) is 23.1 Å². The Labute approximate surface area is 136 Å². The Morgan fingerprint density at radius 1 is 1.17 bits per heavy atom. The lowest BCUT2D eigenvalue weighted by Gasteiger charge is -2.33. The number of imidazole rings is 1. The molecule has 0 amide bonds. The molecule has 1 aromatic heterocycles. The number of aryl methyl sites for hydroxylation is 1. The highest BCUT2D eigenvalue weighted by Gasteiger charge is 2.20. The molecule has 23 heavy (non-hydrogen) atoms. The van der Waals surface area contributed by atoms with Crippen LogP contribution >= 0.6 is 0 Å². The third kappa shape index (κ3) is 3.71. The monoisotopic (exact) mass is 316 g/mol. The minimum Gasteiger partial charge on any atom is -0.465 e. The molecule has 2 heterocycles. The molecule has 0 atom stereocenters. The number of carbonyl (C=O) groups excluding carboxylic acids is 1. The smallest absolute Gasteiger partial charge is 0.320 e. The zero-order chi connectivity index (χ0) is 16.2. The van der Waals surface area contributed by atoms with Crippen molar-refractivity contribution in [3.8, 4) is 0 Å². The van der Waals surface area contributed by atoms with Crippen LogP contribution in [-0.4, -0.2) is 64.7 Å². The van der Waals surface area contributed by atoms with Crippen LogP contribution in [0, 0.1) is 0 Å². The summed E-state index contributed by atoms with van der Waals surface area (Å²) in [5.74, 6) is 0.960. The summed E-state index contributed by atoms with van der Waals surface area (Å²) in [6, 6.07) is 8.22. The molecular weight excluding hydrogens is 292 g/mol. The van der Waals surface area contributed by atoms with Crippen molar-refractivity contribution in [2.75, 3.05) is 39.3 Å². The second-order valence-electron chi connectivity index (χ2n) is 5.93. The largest absolute Gasteiger partial charge is 0.465 e. The Morgan fingerprint density at radius 2 is 1.87 bits per heavy atom. The summed E-state index contributed by atoms with van der Waals surface area (Å²) in [6.07, 6.45) is 0. The summed E-state index contributed by atoms with van der Waals surface area (Å²) in [6.45, 7) is 7.21. The number of esters is 1. The van der Waals surface area contributed by atoms with Gasteiger partial charge in [-0.25, -0.2) is 4.98 Å². The summed E-state index contributed by atoms with van der Waals surface area (Å²) < 4.78 is 7.18. The van der Waals surface area contributed by atoms with Crippen molar-refractivity contribution in [1.29, 1.82) is 0 Å². The van der Waals surface area contributed by atoms with E-state index < -0.39 is 0 Å². The number of benzene rings is 1. The van der Waals surface area contributed by atoms with E-state index in [9.17, 15) is 4.79 Å². The summed E-state index contributed by atoms with van der Waals surface area (Å²) in [4.78, 5) is 20.8. The molecule has 1 aliphatic heterocycles. The molecule has 6 heteroatoms. The Bertz CT molecular complexity index is 674. The summed E-state index contributed by atoms with van der Waals surface area (Å²) in [5.41, 5.74) is 2.22. The number of rotatable bonds is 5. The van der Waals surface area contributed by atoms with Crippen molar-refractivity contribution in [1.82, 2.24) is 19.4 Å². The molecule has 3 rings (SSSR count). The second-order valence-corrected chi connectivity index (χ2v) is 5.93. The molecule has 0 aliphatic carbocycles. The van der Waals surface area contributed by atoms with E-state index in [0.29, 0.717) is 13.2 Å². The normalized spacial score (nSPS) is 16.8. The van der Waals surface area contributed by atoms with Gasteiger partial charge in [-0.15, -0.1) is 0 Å². The molecule has 6 nitrogen and oxygen atoms in total. The fraction of sp³-hybridized carbons (Fsp3) is 0.529. The standard InChI is InChI=1S/C17H24N4O2/c1-3-23-17(22)13-21-10-8-20(9-11-21)12-16-18-14-6-4-5-7-15(14)19(16)2/h4-7H,3,8-13H2,1-2H3. The average Bonchev–Trinajstić information content (AvgIpc) is 2.86. The van der Waals surface area contributed by atoms with Crippen LogP contribution in [0.4, 0.5) is 0 Å². The molecular formula is C17H24N4O2.